The third kappa shape index (κ3) is 3.79. The molecule has 2 N–H and O–H groups in total. The third-order valence-electron chi connectivity index (χ3n) is 4.45. The molecular weight excluding hydrogens is 302 g/mol. The summed E-state index contributed by atoms with van der Waals surface area (Å²) < 4.78 is 0. The van der Waals surface area contributed by atoms with Crippen LogP contribution in [-0.4, -0.2) is 16.8 Å². The second kappa shape index (κ2) is 7.73. The lowest BCUT2D eigenvalue weighted by molar-refractivity contribution is -0.147. The van der Waals surface area contributed by atoms with E-state index in [2.05, 4.69) is 10.1 Å². The van der Waals surface area contributed by atoms with Gasteiger partial charge in [0.1, 0.15) is 5.69 Å². The number of pyridine rings is 1. The highest BCUT2D eigenvalue weighted by atomic mass is 16.7. The minimum Gasteiger partial charge on any atom is -0.379 e. The van der Waals surface area contributed by atoms with Crippen molar-refractivity contribution >= 4 is 11.8 Å². The Morgan fingerprint density at radius 3 is 2.50 bits per heavy atom. The average molecular weight is 323 g/mol. The Morgan fingerprint density at radius 1 is 1.12 bits per heavy atom. The summed E-state index contributed by atoms with van der Waals surface area (Å²) in [6.07, 6.45) is 5.99. The van der Waals surface area contributed by atoms with Crippen molar-refractivity contribution in [1.29, 1.82) is 0 Å². The van der Waals surface area contributed by atoms with Crippen molar-refractivity contribution in [1.82, 2.24) is 4.98 Å². The molecule has 0 unspecified atom stereocenters. The van der Waals surface area contributed by atoms with Gasteiger partial charge in [0.25, 0.3) is 0 Å². The van der Waals surface area contributed by atoms with Crippen molar-refractivity contribution in [2.45, 2.75) is 31.6 Å². The highest BCUT2D eigenvalue weighted by molar-refractivity contribution is 5.95. The molecule has 5 nitrogen and oxygen atoms in total. The van der Waals surface area contributed by atoms with Gasteiger partial charge in [0, 0.05) is 6.20 Å². The van der Waals surface area contributed by atoms with E-state index in [-0.39, 0.29) is 17.7 Å². The predicted octanol–water partition coefficient (Wildman–Crippen LogP) is 3.22. The molecule has 0 amide bonds. The molecule has 124 valence electrons. The number of hydrogen-bond acceptors (Lipinski definition) is 4. The summed E-state index contributed by atoms with van der Waals surface area (Å²) in [5, 5.41) is 3.79. The van der Waals surface area contributed by atoms with Crippen molar-refractivity contribution in [3.63, 3.8) is 0 Å². The predicted molar refractivity (Wildman–Crippen MR) is 92.2 cm³/mol. The fourth-order valence-corrected chi connectivity index (χ4v) is 3.26. The average Bonchev–Trinajstić information content (AvgIpc) is 3.15. The Balaban J connectivity index is 1.76. The molecule has 1 fully saturated rings. The van der Waals surface area contributed by atoms with E-state index in [0.717, 1.165) is 31.2 Å². The van der Waals surface area contributed by atoms with E-state index in [4.69, 9.17) is 10.6 Å². The number of carbonyl (C=O) groups excluding carboxylic acids is 1. The lowest BCUT2D eigenvalue weighted by Gasteiger charge is -2.20. The number of aromatic nitrogens is 1. The standard InChI is InChI=1S/C19H21N3O2/c20-18(16-12-6-7-13-21-16)22-24-19(23)17(15-10-4-5-11-15)14-8-2-1-3-9-14/h1-3,6-9,12-13,15,17H,4-5,10-11H2,(H2,20,22)/t17-/m1/s1. The molecule has 1 aliphatic rings. The second-order valence-electron chi connectivity index (χ2n) is 6.03. The monoisotopic (exact) mass is 323 g/mol. The zero-order chi connectivity index (χ0) is 16.8. The molecule has 0 bridgehead atoms. The van der Waals surface area contributed by atoms with Crippen LogP contribution in [0.25, 0.3) is 0 Å². The van der Waals surface area contributed by atoms with Gasteiger partial charge in [0.15, 0.2) is 5.84 Å². The summed E-state index contributed by atoms with van der Waals surface area (Å²) >= 11 is 0. The number of amidine groups is 1. The van der Waals surface area contributed by atoms with E-state index in [1.165, 1.54) is 0 Å². The minimum absolute atomic E-state index is 0.0992. The summed E-state index contributed by atoms with van der Waals surface area (Å²) in [6.45, 7) is 0. The molecule has 1 saturated carbocycles. The van der Waals surface area contributed by atoms with E-state index in [1.54, 1.807) is 24.4 Å². The normalized spacial score (nSPS) is 16.8. The highest BCUT2D eigenvalue weighted by Gasteiger charge is 2.33. The molecule has 1 aromatic heterocycles. The van der Waals surface area contributed by atoms with E-state index >= 15 is 0 Å². The van der Waals surface area contributed by atoms with Crippen LogP contribution in [0.3, 0.4) is 0 Å². The molecule has 24 heavy (non-hydrogen) atoms. The topological polar surface area (TPSA) is 77.6 Å². The molecular formula is C19H21N3O2. The Morgan fingerprint density at radius 2 is 1.83 bits per heavy atom. The molecule has 0 radical (unpaired) electrons. The number of nitrogens with zero attached hydrogens (tertiary/aromatic N) is 2. The maximum atomic E-state index is 12.7. The van der Waals surface area contributed by atoms with Crippen LogP contribution in [0, 0.1) is 5.92 Å². The first-order valence-corrected chi connectivity index (χ1v) is 8.26. The summed E-state index contributed by atoms with van der Waals surface area (Å²) in [7, 11) is 0. The van der Waals surface area contributed by atoms with Crippen LogP contribution in [0.4, 0.5) is 0 Å². The van der Waals surface area contributed by atoms with Crippen LogP contribution in [0.5, 0.6) is 0 Å². The Kier molecular flexibility index (Phi) is 5.21. The lowest BCUT2D eigenvalue weighted by Crippen LogP contribution is -2.23. The van der Waals surface area contributed by atoms with Crippen molar-refractivity contribution in [3.8, 4) is 0 Å². The summed E-state index contributed by atoms with van der Waals surface area (Å²) in [5.74, 6) is -0.255. The number of hydrogen-bond donors (Lipinski definition) is 1. The number of rotatable bonds is 5. The van der Waals surface area contributed by atoms with Crippen LogP contribution in [0.1, 0.15) is 42.9 Å². The highest BCUT2D eigenvalue weighted by Crippen LogP contribution is 2.38. The molecule has 5 heteroatoms. The summed E-state index contributed by atoms with van der Waals surface area (Å²) in [6, 6.07) is 15.1. The van der Waals surface area contributed by atoms with Crippen molar-refractivity contribution in [2.24, 2.45) is 16.8 Å². The zero-order valence-corrected chi connectivity index (χ0v) is 13.5. The largest absolute Gasteiger partial charge is 0.379 e. The Bertz CT molecular complexity index is 695. The van der Waals surface area contributed by atoms with Gasteiger partial charge in [-0.3, -0.25) is 4.98 Å². The quantitative estimate of drug-likeness (QED) is 0.397. The minimum atomic E-state index is -0.355. The van der Waals surface area contributed by atoms with Crippen LogP contribution in [0.2, 0.25) is 0 Å². The fraction of sp³-hybridized carbons (Fsp3) is 0.316. The van der Waals surface area contributed by atoms with Crippen LogP contribution >= 0.6 is 0 Å². The summed E-state index contributed by atoms with van der Waals surface area (Å²) in [5.41, 5.74) is 7.31. The first-order valence-electron chi connectivity index (χ1n) is 8.26. The molecule has 1 atom stereocenters. The smallest absolute Gasteiger partial charge is 0.342 e. The fourth-order valence-electron chi connectivity index (χ4n) is 3.26. The maximum Gasteiger partial charge on any atom is 0.342 e. The van der Waals surface area contributed by atoms with Gasteiger partial charge in [-0.2, -0.15) is 0 Å². The van der Waals surface area contributed by atoms with Gasteiger partial charge in [0.05, 0.1) is 5.92 Å². The molecule has 0 saturated heterocycles. The van der Waals surface area contributed by atoms with Crippen LogP contribution in [0.15, 0.2) is 59.9 Å². The first kappa shape index (κ1) is 16.2. The zero-order valence-electron chi connectivity index (χ0n) is 13.5. The van der Waals surface area contributed by atoms with E-state index < -0.39 is 0 Å². The molecule has 1 aliphatic carbocycles. The summed E-state index contributed by atoms with van der Waals surface area (Å²) in [4.78, 5) is 21.9. The van der Waals surface area contributed by atoms with E-state index in [1.807, 2.05) is 30.3 Å². The van der Waals surface area contributed by atoms with E-state index in [9.17, 15) is 4.79 Å². The van der Waals surface area contributed by atoms with Gasteiger partial charge in [-0.25, -0.2) is 4.79 Å². The van der Waals surface area contributed by atoms with Crippen LogP contribution < -0.4 is 5.73 Å². The van der Waals surface area contributed by atoms with Gasteiger partial charge < -0.3 is 10.6 Å². The third-order valence-corrected chi connectivity index (χ3v) is 4.45. The number of benzene rings is 1. The molecule has 0 spiro atoms. The van der Waals surface area contributed by atoms with Crippen molar-refractivity contribution in [3.05, 3.63) is 66.0 Å². The molecule has 1 aromatic carbocycles. The van der Waals surface area contributed by atoms with E-state index in [0.29, 0.717) is 11.6 Å². The van der Waals surface area contributed by atoms with Gasteiger partial charge in [-0.05, 0) is 36.5 Å². The Labute approximate surface area is 141 Å². The number of oxime groups is 1. The molecule has 2 aromatic rings. The van der Waals surface area contributed by atoms with Crippen LogP contribution in [-0.2, 0) is 9.63 Å². The second-order valence-corrected chi connectivity index (χ2v) is 6.03. The number of nitrogens with two attached hydrogens (primary N) is 1. The van der Waals surface area contributed by atoms with Gasteiger partial charge >= 0.3 is 5.97 Å². The van der Waals surface area contributed by atoms with Gasteiger partial charge in [-0.1, -0.05) is 54.4 Å². The lowest BCUT2D eigenvalue weighted by atomic mass is 9.85. The van der Waals surface area contributed by atoms with Gasteiger partial charge in [-0.15, -0.1) is 0 Å². The maximum absolute atomic E-state index is 12.7. The van der Waals surface area contributed by atoms with Crippen molar-refractivity contribution < 1.29 is 9.63 Å². The van der Waals surface area contributed by atoms with Crippen molar-refractivity contribution in [2.75, 3.05) is 0 Å². The SMILES string of the molecule is N/C(=N/OC(=O)[C@H](c1ccccc1)C1CCCC1)c1ccccn1. The molecule has 1 heterocycles. The Hall–Kier alpha value is -2.69. The van der Waals surface area contributed by atoms with Gasteiger partial charge in [0.2, 0.25) is 0 Å². The first-order chi connectivity index (χ1) is 11.8. The molecule has 3 rings (SSSR count). The molecule has 0 aliphatic heterocycles. The number of carbonyl (C=O) groups is 1.